The summed E-state index contributed by atoms with van der Waals surface area (Å²) in [6, 6.07) is 6.58. The van der Waals surface area contributed by atoms with Crippen molar-refractivity contribution in [3.8, 4) is 0 Å². The molecule has 17 heavy (non-hydrogen) atoms. The monoisotopic (exact) mass is 233 g/mol. The maximum atomic E-state index is 5.81. The largest absolute Gasteiger partial charge is 0.376 e. The van der Waals surface area contributed by atoms with E-state index < -0.39 is 0 Å². The zero-order chi connectivity index (χ0) is 12.1. The highest BCUT2D eigenvalue weighted by molar-refractivity contribution is 5.29. The number of aryl methyl sites for hydroxylation is 2. The summed E-state index contributed by atoms with van der Waals surface area (Å²) in [5, 5.41) is 3.42. The molecule has 1 unspecified atom stereocenters. The summed E-state index contributed by atoms with van der Waals surface area (Å²) in [4.78, 5) is 0. The van der Waals surface area contributed by atoms with Gasteiger partial charge in [0.1, 0.15) is 0 Å². The lowest BCUT2D eigenvalue weighted by Gasteiger charge is -2.22. The van der Waals surface area contributed by atoms with E-state index >= 15 is 0 Å². The minimum Gasteiger partial charge on any atom is -0.376 e. The van der Waals surface area contributed by atoms with Gasteiger partial charge in [-0.15, -0.1) is 0 Å². The Balaban J connectivity index is 1.75. The van der Waals surface area contributed by atoms with Gasteiger partial charge in [-0.25, -0.2) is 0 Å². The molecule has 0 aliphatic carbocycles. The normalized spacial score (nSPS) is 20.5. The average Bonchev–Trinajstić information content (AvgIpc) is 2.35. The van der Waals surface area contributed by atoms with Gasteiger partial charge in [0, 0.05) is 6.54 Å². The molecule has 1 aromatic rings. The van der Waals surface area contributed by atoms with Gasteiger partial charge in [0.05, 0.1) is 13.2 Å². The first-order chi connectivity index (χ1) is 8.25. The van der Waals surface area contributed by atoms with E-state index in [9.17, 15) is 0 Å². The third-order valence-corrected chi connectivity index (χ3v) is 3.59. The molecule has 1 N–H and O–H groups in total. The quantitative estimate of drug-likeness (QED) is 0.863. The number of nitrogens with one attached hydrogen (secondary N) is 1. The summed E-state index contributed by atoms with van der Waals surface area (Å²) in [6.45, 7) is 8.23. The first-order valence-corrected chi connectivity index (χ1v) is 6.60. The zero-order valence-corrected chi connectivity index (χ0v) is 11.0. The topological polar surface area (TPSA) is 21.3 Å². The number of hydrogen-bond acceptors (Lipinski definition) is 2. The highest BCUT2D eigenvalue weighted by Crippen LogP contribution is 2.13. The Morgan fingerprint density at radius 3 is 2.88 bits per heavy atom. The molecular weight excluding hydrogens is 210 g/mol. The molecule has 0 saturated carbocycles. The molecule has 0 bridgehead atoms. The van der Waals surface area contributed by atoms with Crippen molar-refractivity contribution in [1.82, 2.24) is 5.32 Å². The molecule has 2 rings (SSSR count). The van der Waals surface area contributed by atoms with Crippen molar-refractivity contribution in [3.63, 3.8) is 0 Å². The summed E-state index contributed by atoms with van der Waals surface area (Å²) in [5.41, 5.74) is 3.99. The molecule has 0 spiro atoms. The van der Waals surface area contributed by atoms with E-state index in [1.165, 1.54) is 36.1 Å². The lowest BCUT2D eigenvalue weighted by atomic mass is 10.0. The highest BCUT2D eigenvalue weighted by Gasteiger charge is 2.12. The molecule has 0 radical (unpaired) electrons. The Kier molecular flexibility index (Phi) is 4.57. The molecule has 2 nitrogen and oxygen atoms in total. The Morgan fingerprint density at radius 1 is 1.29 bits per heavy atom. The van der Waals surface area contributed by atoms with E-state index in [4.69, 9.17) is 4.74 Å². The molecule has 1 aliphatic rings. The first kappa shape index (κ1) is 12.6. The lowest BCUT2D eigenvalue weighted by molar-refractivity contribution is 0.0783. The van der Waals surface area contributed by atoms with Crippen molar-refractivity contribution in [2.45, 2.75) is 33.3 Å². The van der Waals surface area contributed by atoms with E-state index in [2.05, 4.69) is 37.4 Å². The van der Waals surface area contributed by atoms with Crippen LogP contribution in [-0.2, 0) is 11.3 Å². The number of piperidine rings is 1. The van der Waals surface area contributed by atoms with E-state index in [0.29, 0.717) is 5.92 Å². The Labute approximate surface area is 104 Å². The molecule has 1 atom stereocenters. The Morgan fingerprint density at radius 2 is 2.18 bits per heavy atom. The molecule has 0 amide bonds. The van der Waals surface area contributed by atoms with Crippen LogP contribution in [0, 0.1) is 19.8 Å². The van der Waals surface area contributed by atoms with Crippen LogP contribution >= 0.6 is 0 Å². The predicted octanol–water partition coefficient (Wildman–Crippen LogP) is 2.82. The van der Waals surface area contributed by atoms with Gasteiger partial charge in [0.15, 0.2) is 0 Å². The second kappa shape index (κ2) is 6.18. The SMILES string of the molecule is Cc1ccc(COCC2CCCNC2)cc1C. The highest BCUT2D eigenvalue weighted by atomic mass is 16.5. The van der Waals surface area contributed by atoms with Crippen LogP contribution in [0.1, 0.15) is 29.5 Å². The minimum atomic E-state index is 0.704. The van der Waals surface area contributed by atoms with Crippen LogP contribution in [0.15, 0.2) is 18.2 Å². The second-order valence-electron chi connectivity index (χ2n) is 5.15. The van der Waals surface area contributed by atoms with E-state index in [0.717, 1.165) is 19.8 Å². The fraction of sp³-hybridized carbons (Fsp3) is 0.600. The number of rotatable bonds is 4. The van der Waals surface area contributed by atoms with Gasteiger partial charge in [-0.05, 0) is 55.8 Å². The van der Waals surface area contributed by atoms with Crippen LogP contribution in [0.25, 0.3) is 0 Å². The second-order valence-corrected chi connectivity index (χ2v) is 5.15. The van der Waals surface area contributed by atoms with Crippen molar-refractivity contribution in [3.05, 3.63) is 34.9 Å². The predicted molar refractivity (Wildman–Crippen MR) is 71.2 cm³/mol. The average molecular weight is 233 g/mol. The van der Waals surface area contributed by atoms with Gasteiger partial charge < -0.3 is 10.1 Å². The molecule has 1 aromatic carbocycles. The fourth-order valence-electron chi connectivity index (χ4n) is 2.30. The molecule has 0 aromatic heterocycles. The van der Waals surface area contributed by atoms with Crippen molar-refractivity contribution in [1.29, 1.82) is 0 Å². The van der Waals surface area contributed by atoms with Gasteiger partial charge in [-0.2, -0.15) is 0 Å². The molecule has 94 valence electrons. The third-order valence-electron chi connectivity index (χ3n) is 3.59. The molecule has 1 aliphatic heterocycles. The maximum absolute atomic E-state index is 5.81. The van der Waals surface area contributed by atoms with Crippen LogP contribution in [0.4, 0.5) is 0 Å². The summed E-state index contributed by atoms with van der Waals surface area (Å²) in [5.74, 6) is 0.704. The minimum absolute atomic E-state index is 0.704. The number of ether oxygens (including phenoxy) is 1. The molecule has 1 heterocycles. The maximum Gasteiger partial charge on any atom is 0.0717 e. The van der Waals surface area contributed by atoms with Crippen LogP contribution in [0.5, 0.6) is 0 Å². The van der Waals surface area contributed by atoms with Gasteiger partial charge >= 0.3 is 0 Å². The summed E-state index contributed by atoms with van der Waals surface area (Å²) >= 11 is 0. The van der Waals surface area contributed by atoms with Crippen LogP contribution in [0.2, 0.25) is 0 Å². The zero-order valence-electron chi connectivity index (χ0n) is 11.0. The summed E-state index contributed by atoms with van der Waals surface area (Å²) < 4.78 is 5.81. The van der Waals surface area contributed by atoms with Crippen LogP contribution < -0.4 is 5.32 Å². The summed E-state index contributed by atoms with van der Waals surface area (Å²) in [7, 11) is 0. The van der Waals surface area contributed by atoms with Gasteiger partial charge in [-0.3, -0.25) is 0 Å². The first-order valence-electron chi connectivity index (χ1n) is 6.60. The molecule has 1 saturated heterocycles. The van der Waals surface area contributed by atoms with Crippen molar-refractivity contribution in [2.24, 2.45) is 5.92 Å². The summed E-state index contributed by atoms with van der Waals surface area (Å²) in [6.07, 6.45) is 2.59. The molecule has 2 heteroatoms. The Hall–Kier alpha value is -0.860. The standard InChI is InChI=1S/C15H23NO/c1-12-5-6-14(8-13(12)2)10-17-11-15-4-3-7-16-9-15/h5-6,8,15-16H,3-4,7,9-11H2,1-2H3. The van der Waals surface area contributed by atoms with Gasteiger partial charge in [0.25, 0.3) is 0 Å². The van der Waals surface area contributed by atoms with E-state index in [1.807, 2.05) is 0 Å². The lowest BCUT2D eigenvalue weighted by Crippen LogP contribution is -2.32. The number of benzene rings is 1. The van der Waals surface area contributed by atoms with Crippen LogP contribution in [0.3, 0.4) is 0 Å². The van der Waals surface area contributed by atoms with Crippen molar-refractivity contribution >= 4 is 0 Å². The van der Waals surface area contributed by atoms with E-state index in [1.54, 1.807) is 0 Å². The van der Waals surface area contributed by atoms with E-state index in [-0.39, 0.29) is 0 Å². The smallest absolute Gasteiger partial charge is 0.0717 e. The molecular formula is C15H23NO. The van der Waals surface area contributed by atoms with Crippen molar-refractivity contribution < 1.29 is 4.74 Å². The van der Waals surface area contributed by atoms with Crippen molar-refractivity contribution in [2.75, 3.05) is 19.7 Å². The molecule has 1 fully saturated rings. The van der Waals surface area contributed by atoms with Gasteiger partial charge in [0.2, 0.25) is 0 Å². The number of hydrogen-bond donors (Lipinski definition) is 1. The van der Waals surface area contributed by atoms with Crippen LogP contribution in [-0.4, -0.2) is 19.7 Å². The Bertz CT molecular complexity index is 356. The van der Waals surface area contributed by atoms with Gasteiger partial charge in [-0.1, -0.05) is 18.2 Å². The fourth-order valence-corrected chi connectivity index (χ4v) is 2.30. The third kappa shape index (κ3) is 3.83.